The number of anilines is 1. The highest BCUT2D eigenvalue weighted by molar-refractivity contribution is 7.09. The lowest BCUT2D eigenvalue weighted by Crippen LogP contribution is -2.35. The SMILES string of the molecule is O=C(Nc1ccc(F)cc1)c1csc(CN2CCOCC2)n1. The fourth-order valence-corrected chi connectivity index (χ4v) is 2.98. The van der Waals surface area contributed by atoms with Gasteiger partial charge < -0.3 is 10.1 Å². The third-order valence-electron chi connectivity index (χ3n) is 3.35. The number of halogens is 1. The molecule has 1 amide bonds. The van der Waals surface area contributed by atoms with Crippen LogP contribution in [0.3, 0.4) is 0 Å². The van der Waals surface area contributed by atoms with Crippen molar-refractivity contribution in [2.24, 2.45) is 0 Å². The topological polar surface area (TPSA) is 54.5 Å². The molecular weight excluding hydrogens is 305 g/mol. The minimum atomic E-state index is -0.334. The van der Waals surface area contributed by atoms with Gasteiger partial charge in [0.15, 0.2) is 0 Å². The molecule has 0 radical (unpaired) electrons. The summed E-state index contributed by atoms with van der Waals surface area (Å²) in [5.41, 5.74) is 0.937. The Morgan fingerprint density at radius 3 is 2.77 bits per heavy atom. The number of morpholine rings is 1. The van der Waals surface area contributed by atoms with Gasteiger partial charge in [-0.1, -0.05) is 0 Å². The van der Waals surface area contributed by atoms with Gasteiger partial charge in [0.2, 0.25) is 0 Å². The van der Waals surface area contributed by atoms with Gasteiger partial charge in [0, 0.05) is 24.2 Å². The molecule has 0 bridgehead atoms. The van der Waals surface area contributed by atoms with E-state index in [9.17, 15) is 9.18 Å². The average molecular weight is 321 g/mol. The van der Waals surface area contributed by atoms with Gasteiger partial charge in [-0.3, -0.25) is 9.69 Å². The van der Waals surface area contributed by atoms with Gasteiger partial charge in [0.25, 0.3) is 5.91 Å². The van der Waals surface area contributed by atoms with Crippen LogP contribution >= 0.6 is 11.3 Å². The standard InChI is InChI=1S/C15H16FN3O2S/c16-11-1-3-12(4-2-11)17-15(20)13-10-22-14(18-13)9-19-5-7-21-8-6-19/h1-4,10H,5-9H2,(H,17,20). The smallest absolute Gasteiger partial charge is 0.275 e. The van der Waals surface area contributed by atoms with Crippen LogP contribution in [0.4, 0.5) is 10.1 Å². The van der Waals surface area contributed by atoms with Crippen LogP contribution < -0.4 is 5.32 Å². The third kappa shape index (κ3) is 3.88. The molecule has 7 heteroatoms. The molecule has 1 fully saturated rings. The van der Waals surface area contributed by atoms with E-state index < -0.39 is 0 Å². The predicted molar refractivity (Wildman–Crippen MR) is 82.6 cm³/mol. The molecule has 3 rings (SSSR count). The second kappa shape index (κ2) is 6.95. The molecule has 0 unspecified atom stereocenters. The van der Waals surface area contributed by atoms with E-state index in [1.165, 1.54) is 35.6 Å². The first kappa shape index (κ1) is 15.1. The van der Waals surface area contributed by atoms with Crippen LogP contribution in [0.15, 0.2) is 29.6 Å². The van der Waals surface area contributed by atoms with Gasteiger partial charge >= 0.3 is 0 Å². The second-order valence-electron chi connectivity index (χ2n) is 4.98. The zero-order chi connectivity index (χ0) is 15.4. The van der Waals surface area contributed by atoms with Crippen molar-refractivity contribution in [2.45, 2.75) is 6.54 Å². The molecule has 2 heterocycles. The summed E-state index contributed by atoms with van der Waals surface area (Å²) >= 11 is 1.47. The Kier molecular flexibility index (Phi) is 4.77. The summed E-state index contributed by atoms with van der Waals surface area (Å²) in [6.07, 6.45) is 0. The van der Waals surface area contributed by atoms with Crippen LogP contribution in [0.2, 0.25) is 0 Å². The van der Waals surface area contributed by atoms with E-state index in [0.29, 0.717) is 11.4 Å². The normalized spacial score (nSPS) is 15.7. The predicted octanol–water partition coefficient (Wildman–Crippen LogP) is 2.37. The molecule has 22 heavy (non-hydrogen) atoms. The summed E-state index contributed by atoms with van der Waals surface area (Å²) in [6.45, 7) is 3.98. The molecule has 116 valence electrons. The van der Waals surface area contributed by atoms with Gasteiger partial charge in [-0.05, 0) is 24.3 Å². The van der Waals surface area contributed by atoms with Crippen molar-refractivity contribution in [1.82, 2.24) is 9.88 Å². The second-order valence-corrected chi connectivity index (χ2v) is 5.92. The minimum Gasteiger partial charge on any atom is -0.379 e. The minimum absolute atomic E-state index is 0.281. The summed E-state index contributed by atoms with van der Waals surface area (Å²) in [7, 11) is 0. The Morgan fingerprint density at radius 2 is 2.05 bits per heavy atom. The van der Waals surface area contributed by atoms with Crippen LogP contribution in [0, 0.1) is 5.82 Å². The number of amides is 1. The zero-order valence-corrected chi connectivity index (χ0v) is 12.7. The summed E-state index contributed by atoms with van der Waals surface area (Å²) in [6, 6.07) is 5.66. The van der Waals surface area contributed by atoms with Gasteiger partial charge in [0.05, 0.1) is 19.8 Å². The van der Waals surface area contributed by atoms with Crippen LogP contribution in [0.5, 0.6) is 0 Å². The molecule has 1 aromatic carbocycles. The van der Waals surface area contributed by atoms with Crippen LogP contribution in [-0.2, 0) is 11.3 Å². The van der Waals surface area contributed by atoms with E-state index in [0.717, 1.165) is 37.9 Å². The molecule has 0 spiro atoms. The zero-order valence-electron chi connectivity index (χ0n) is 11.9. The molecule has 1 aliphatic heterocycles. The first-order valence-corrected chi connectivity index (χ1v) is 7.90. The van der Waals surface area contributed by atoms with Crippen LogP contribution in [-0.4, -0.2) is 42.1 Å². The number of hydrogen-bond acceptors (Lipinski definition) is 5. The lowest BCUT2D eigenvalue weighted by molar-refractivity contribution is 0.0341. The number of carbonyl (C=O) groups is 1. The number of benzene rings is 1. The summed E-state index contributed by atoms with van der Waals surface area (Å²) in [5, 5.41) is 5.36. The largest absolute Gasteiger partial charge is 0.379 e. The fourth-order valence-electron chi connectivity index (χ4n) is 2.17. The Labute approximate surface area is 131 Å². The molecule has 5 nitrogen and oxygen atoms in total. The molecular formula is C15H16FN3O2S. The van der Waals surface area contributed by atoms with Crippen molar-refractivity contribution in [3.05, 3.63) is 46.2 Å². The van der Waals surface area contributed by atoms with Crippen LogP contribution in [0.25, 0.3) is 0 Å². The maximum absolute atomic E-state index is 12.8. The monoisotopic (exact) mass is 321 g/mol. The number of nitrogens with zero attached hydrogens (tertiary/aromatic N) is 2. The van der Waals surface area contributed by atoms with E-state index in [1.54, 1.807) is 5.38 Å². The van der Waals surface area contributed by atoms with Crippen molar-refractivity contribution >= 4 is 22.9 Å². The molecule has 1 aromatic heterocycles. The highest BCUT2D eigenvalue weighted by Gasteiger charge is 2.15. The fraction of sp³-hybridized carbons (Fsp3) is 0.333. The number of aromatic nitrogens is 1. The van der Waals surface area contributed by atoms with Gasteiger partial charge in [-0.2, -0.15) is 0 Å². The van der Waals surface area contributed by atoms with Crippen molar-refractivity contribution in [3.63, 3.8) is 0 Å². The first-order valence-electron chi connectivity index (χ1n) is 7.02. The number of carbonyl (C=O) groups excluding carboxylic acids is 1. The Bertz CT molecular complexity index is 638. The van der Waals surface area contributed by atoms with Crippen molar-refractivity contribution in [2.75, 3.05) is 31.6 Å². The average Bonchev–Trinajstić information content (AvgIpc) is 2.99. The Hall–Kier alpha value is -1.83. The van der Waals surface area contributed by atoms with Crippen LogP contribution in [0.1, 0.15) is 15.5 Å². The van der Waals surface area contributed by atoms with E-state index in [2.05, 4.69) is 15.2 Å². The summed E-state index contributed by atoms with van der Waals surface area (Å²) in [4.78, 5) is 18.7. The number of hydrogen-bond donors (Lipinski definition) is 1. The molecule has 1 N–H and O–H groups in total. The van der Waals surface area contributed by atoms with E-state index in [-0.39, 0.29) is 11.7 Å². The van der Waals surface area contributed by atoms with E-state index >= 15 is 0 Å². The van der Waals surface area contributed by atoms with Crippen molar-refractivity contribution in [3.8, 4) is 0 Å². The van der Waals surface area contributed by atoms with Gasteiger partial charge in [0.1, 0.15) is 16.5 Å². The molecule has 0 atom stereocenters. The molecule has 0 saturated carbocycles. The maximum atomic E-state index is 12.8. The maximum Gasteiger partial charge on any atom is 0.275 e. The highest BCUT2D eigenvalue weighted by atomic mass is 32.1. The number of ether oxygens (including phenoxy) is 1. The van der Waals surface area contributed by atoms with E-state index in [4.69, 9.17) is 4.74 Å². The Balaban J connectivity index is 1.60. The summed E-state index contributed by atoms with van der Waals surface area (Å²) in [5.74, 6) is -0.615. The lowest BCUT2D eigenvalue weighted by atomic mass is 10.3. The quantitative estimate of drug-likeness (QED) is 0.939. The third-order valence-corrected chi connectivity index (χ3v) is 4.18. The molecule has 2 aromatic rings. The van der Waals surface area contributed by atoms with Gasteiger partial charge in [-0.15, -0.1) is 11.3 Å². The number of thiazole rings is 1. The lowest BCUT2D eigenvalue weighted by Gasteiger charge is -2.25. The van der Waals surface area contributed by atoms with Gasteiger partial charge in [-0.25, -0.2) is 9.37 Å². The van der Waals surface area contributed by atoms with E-state index in [1.807, 2.05) is 0 Å². The number of rotatable bonds is 4. The summed E-state index contributed by atoms with van der Waals surface area (Å²) < 4.78 is 18.1. The first-order chi connectivity index (χ1) is 10.7. The molecule has 0 aliphatic carbocycles. The molecule has 1 aliphatic rings. The molecule has 1 saturated heterocycles. The number of nitrogens with one attached hydrogen (secondary N) is 1. The van der Waals surface area contributed by atoms with Crippen molar-refractivity contribution < 1.29 is 13.9 Å². The Morgan fingerprint density at radius 1 is 1.32 bits per heavy atom. The highest BCUT2D eigenvalue weighted by Crippen LogP contribution is 2.15. The van der Waals surface area contributed by atoms with Crippen molar-refractivity contribution in [1.29, 1.82) is 0 Å².